The van der Waals surface area contributed by atoms with E-state index in [1.807, 2.05) is 17.0 Å². The predicted molar refractivity (Wildman–Crippen MR) is 103 cm³/mol. The summed E-state index contributed by atoms with van der Waals surface area (Å²) >= 11 is 0. The Morgan fingerprint density at radius 3 is 1.97 bits per heavy atom. The minimum Gasteiger partial charge on any atom is -0.355 e. The fourth-order valence-corrected chi connectivity index (χ4v) is 3.56. The highest BCUT2D eigenvalue weighted by Gasteiger charge is 2.24. The van der Waals surface area contributed by atoms with Gasteiger partial charge in [-0.05, 0) is 37.1 Å². The zero-order valence-corrected chi connectivity index (χ0v) is 15.7. The Morgan fingerprint density at radius 1 is 0.793 bits per heavy atom. The highest BCUT2D eigenvalue weighted by Crippen LogP contribution is 2.22. The lowest BCUT2D eigenvalue weighted by Crippen LogP contribution is -2.50. The number of nitrogens with one attached hydrogen (secondary N) is 1. The van der Waals surface area contributed by atoms with E-state index in [0.717, 1.165) is 36.9 Å². The molecule has 0 atom stereocenters. The Bertz CT molecular complexity index is 880. The van der Waals surface area contributed by atoms with Gasteiger partial charge in [0, 0.05) is 39.3 Å². The average Bonchev–Trinajstić information content (AvgIpc) is 3.29. The number of carbonyl (C=O) groups is 1. The number of anilines is 3. The van der Waals surface area contributed by atoms with Crippen molar-refractivity contribution in [1.82, 2.24) is 15.1 Å². The molecule has 0 spiro atoms. The summed E-state index contributed by atoms with van der Waals surface area (Å²) in [6, 6.07) is 5.09. The van der Waals surface area contributed by atoms with Crippen LogP contribution in [0.2, 0.25) is 0 Å². The van der Waals surface area contributed by atoms with Gasteiger partial charge in [0.05, 0.1) is 5.69 Å². The van der Waals surface area contributed by atoms with E-state index in [1.54, 1.807) is 0 Å². The van der Waals surface area contributed by atoms with Gasteiger partial charge in [0.2, 0.25) is 0 Å². The molecule has 0 aliphatic carbocycles. The molecule has 0 radical (unpaired) electrons. The van der Waals surface area contributed by atoms with Gasteiger partial charge in [-0.1, -0.05) is 0 Å². The van der Waals surface area contributed by atoms with Crippen LogP contribution in [0, 0.1) is 17.5 Å². The van der Waals surface area contributed by atoms with Crippen LogP contribution in [0.3, 0.4) is 0 Å². The molecule has 2 aliphatic rings. The van der Waals surface area contributed by atoms with E-state index in [4.69, 9.17) is 0 Å². The summed E-state index contributed by atoms with van der Waals surface area (Å²) in [6.07, 6.45) is 2.34. The number of aromatic nitrogens is 2. The molecule has 0 unspecified atom stereocenters. The van der Waals surface area contributed by atoms with Crippen LogP contribution in [0.4, 0.5) is 35.3 Å². The smallest absolute Gasteiger partial charge is 0.322 e. The molecule has 4 rings (SSSR count). The largest absolute Gasteiger partial charge is 0.355 e. The van der Waals surface area contributed by atoms with Crippen molar-refractivity contribution in [2.75, 3.05) is 54.4 Å². The molecule has 2 saturated heterocycles. The Morgan fingerprint density at radius 2 is 1.38 bits per heavy atom. The monoisotopic (exact) mass is 406 g/mol. The number of hydrogen-bond donors (Lipinski definition) is 1. The third-order valence-electron chi connectivity index (χ3n) is 5.23. The van der Waals surface area contributed by atoms with Crippen molar-refractivity contribution < 1.29 is 18.0 Å². The number of piperazine rings is 1. The summed E-state index contributed by atoms with van der Waals surface area (Å²) in [4.78, 5) is 18.0. The number of nitrogens with zero attached hydrogens (tertiary/aromatic N) is 5. The fraction of sp³-hybridized carbons (Fsp3) is 0.421. The van der Waals surface area contributed by atoms with Gasteiger partial charge in [-0.15, -0.1) is 10.2 Å². The summed E-state index contributed by atoms with van der Waals surface area (Å²) in [5, 5.41) is 10.9. The second kappa shape index (κ2) is 8.14. The van der Waals surface area contributed by atoms with Gasteiger partial charge in [0.15, 0.2) is 29.1 Å². The van der Waals surface area contributed by atoms with Gasteiger partial charge in [-0.3, -0.25) is 0 Å². The first-order valence-corrected chi connectivity index (χ1v) is 9.56. The molecule has 2 aliphatic heterocycles. The molecule has 10 heteroatoms. The summed E-state index contributed by atoms with van der Waals surface area (Å²) in [5.74, 6) is -2.71. The van der Waals surface area contributed by atoms with Crippen LogP contribution in [0.1, 0.15) is 12.8 Å². The molecule has 29 heavy (non-hydrogen) atoms. The second-order valence-electron chi connectivity index (χ2n) is 7.07. The molecule has 2 aromatic rings. The molecular weight excluding hydrogens is 385 g/mol. The lowest BCUT2D eigenvalue weighted by Gasteiger charge is -2.35. The van der Waals surface area contributed by atoms with Crippen molar-refractivity contribution >= 4 is 23.4 Å². The van der Waals surface area contributed by atoms with E-state index in [-0.39, 0.29) is 5.69 Å². The maximum Gasteiger partial charge on any atom is 0.322 e. The van der Waals surface area contributed by atoms with Gasteiger partial charge >= 0.3 is 6.03 Å². The second-order valence-corrected chi connectivity index (χ2v) is 7.07. The molecule has 2 fully saturated rings. The molecule has 0 saturated carbocycles. The number of amides is 2. The highest BCUT2D eigenvalue weighted by atomic mass is 19.2. The molecular formula is C19H21F3N6O. The van der Waals surface area contributed by atoms with E-state index in [0.29, 0.717) is 26.2 Å². The van der Waals surface area contributed by atoms with Gasteiger partial charge in [0.25, 0.3) is 0 Å². The average molecular weight is 406 g/mol. The van der Waals surface area contributed by atoms with Crippen LogP contribution in [-0.4, -0.2) is 60.4 Å². The zero-order chi connectivity index (χ0) is 20.4. The van der Waals surface area contributed by atoms with Gasteiger partial charge in [0.1, 0.15) is 0 Å². The minimum absolute atomic E-state index is 0.382. The Hall–Kier alpha value is -3.04. The maximum absolute atomic E-state index is 13.7. The van der Waals surface area contributed by atoms with Crippen LogP contribution >= 0.6 is 0 Å². The van der Waals surface area contributed by atoms with Crippen molar-refractivity contribution in [1.29, 1.82) is 0 Å². The number of urea groups is 1. The quantitative estimate of drug-likeness (QED) is 0.795. The number of carbonyl (C=O) groups excluding carboxylic acids is 1. The number of benzene rings is 1. The molecule has 0 bridgehead atoms. The van der Waals surface area contributed by atoms with Crippen molar-refractivity contribution in [3.05, 3.63) is 41.7 Å². The molecule has 1 aromatic carbocycles. The Kier molecular flexibility index (Phi) is 5.41. The normalized spacial score (nSPS) is 17.0. The van der Waals surface area contributed by atoms with Crippen LogP contribution in [0.5, 0.6) is 0 Å². The highest BCUT2D eigenvalue weighted by molar-refractivity contribution is 5.89. The van der Waals surface area contributed by atoms with Gasteiger partial charge < -0.3 is 20.0 Å². The summed E-state index contributed by atoms with van der Waals surface area (Å²) < 4.78 is 40.1. The Labute approximate surface area is 166 Å². The van der Waals surface area contributed by atoms with E-state index < -0.39 is 23.5 Å². The molecule has 1 N–H and O–H groups in total. The molecule has 154 valence electrons. The van der Waals surface area contributed by atoms with E-state index in [9.17, 15) is 18.0 Å². The first kappa shape index (κ1) is 19.3. The number of halogens is 3. The minimum atomic E-state index is -1.61. The standard InChI is InChI=1S/C19H21F3N6O/c20-13-3-4-14(18(22)17(13)21)23-19(29)28-11-9-27(10-12-28)16-6-5-15(24-25-16)26-7-1-2-8-26/h3-6H,1-2,7-12H2,(H,23,29). The first-order chi connectivity index (χ1) is 14.0. The lowest BCUT2D eigenvalue weighted by atomic mass is 10.2. The lowest BCUT2D eigenvalue weighted by molar-refractivity contribution is 0.208. The third-order valence-corrected chi connectivity index (χ3v) is 5.23. The van der Waals surface area contributed by atoms with Gasteiger partial charge in [-0.2, -0.15) is 0 Å². The first-order valence-electron chi connectivity index (χ1n) is 9.56. The summed E-state index contributed by atoms with van der Waals surface area (Å²) in [5.41, 5.74) is -0.389. The predicted octanol–water partition coefficient (Wildman–Crippen LogP) is 2.85. The van der Waals surface area contributed by atoms with Crippen LogP contribution < -0.4 is 15.1 Å². The topological polar surface area (TPSA) is 64.6 Å². The molecule has 3 heterocycles. The van der Waals surface area contributed by atoms with Crippen LogP contribution in [0.15, 0.2) is 24.3 Å². The molecule has 2 amide bonds. The van der Waals surface area contributed by atoms with E-state index in [2.05, 4.69) is 20.4 Å². The van der Waals surface area contributed by atoms with E-state index in [1.165, 1.54) is 17.7 Å². The number of hydrogen-bond acceptors (Lipinski definition) is 5. The number of rotatable bonds is 3. The van der Waals surface area contributed by atoms with Crippen molar-refractivity contribution in [3.8, 4) is 0 Å². The molecule has 7 nitrogen and oxygen atoms in total. The summed E-state index contributed by atoms with van der Waals surface area (Å²) in [7, 11) is 0. The van der Waals surface area contributed by atoms with Crippen molar-refractivity contribution in [2.45, 2.75) is 12.8 Å². The SMILES string of the molecule is O=C(Nc1ccc(F)c(F)c1F)N1CCN(c2ccc(N3CCCC3)nn2)CC1. The maximum atomic E-state index is 13.7. The van der Waals surface area contributed by atoms with E-state index >= 15 is 0 Å². The van der Waals surface area contributed by atoms with Gasteiger partial charge in [-0.25, -0.2) is 18.0 Å². The fourth-order valence-electron chi connectivity index (χ4n) is 3.56. The summed E-state index contributed by atoms with van der Waals surface area (Å²) in [6.45, 7) is 3.83. The van der Waals surface area contributed by atoms with Crippen LogP contribution in [-0.2, 0) is 0 Å². The van der Waals surface area contributed by atoms with Crippen molar-refractivity contribution in [2.24, 2.45) is 0 Å². The van der Waals surface area contributed by atoms with Crippen molar-refractivity contribution in [3.63, 3.8) is 0 Å². The Balaban J connectivity index is 1.33. The zero-order valence-electron chi connectivity index (χ0n) is 15.7. The third kappa shape index (κ3) is 4.06. The van der Waals surface area contributed by atoms with Crippen LogP contribution in [0.25, 0.3) is 0 Å². The molecule has 1 aromatic heterocycles.